The Morgan fingerprint density at radius 2 is 2.22 bits per heavy atom. The molecule has 1 unspecified atom stereocenters. The molecular weight excluding hydrogens is 378 g/mol. The molecule has 0 aliphatic carbocycles. The number of rotatable bonds is 4. The maximum Gasteiger partial charge on any atom is 0.116 e. The fraction of sp³-hybridized carbons (Fsp3) is 0.333. The summed E-state index contributed by atoms with van der Waals surface area (Å²) in [7, 11) is 0. The van der Waals surface area contributed by atoms with Gasteiger partial charge in [0.25, 0.3) is 0 Å². The van der Waals surface area contributed by atoms with Crippen molar-refractivity contribution in [3.8, 4) is 0 Å². The summed E-state index contributed by atoms with van der Waals surface area (Å²) in [6.07, 6.45) is 1.81. The summed E-state index contributed by atoms with van der Waals surface area (Å²) in [5.74, 6) is 0. The Morgan fingerprint density at radius 1 is 1.44 bits per heavy atom. The van der Waals surface area contributed by atoms with E-state index in [1.165, 1.54) is 0 Å². The van der Waals surface area contributed by atoms with Gasteiger partial charge < -0.3 is 5.32 Å². The second kappa shape index (κ2) is 6.23. The van der Waals surface area contributed by atoms with Crippen LogP contribution in [0, 0.1) is 6.92 Å². The summed E-state index contributed by atoms with van der Waals surface area (Å²) in [6, 6.07) is 2.05. The molecule has 2 rings (SSSR count). The fourth-order valence-electron chi connectivity index (χ4n) is 1.65. The lowest BCUT2D eigenvalue weighted by atomic mass is 10.2. The SMILES string of the molecule is CCNC(c1nc(C)cs1)c1ncc(Br)cc1Br. The molecule has 0 fully saturated rings. The Kier molecular flexibility index (Phi) is 4.89. The highest BCUT2D eigenvalue weighted by molar-refractivity contribution is 9.11. The lowest BCUT2D eigenvalue weighted by Gasteiger charge is -2.16. The minimum atomic E-state index is 0.0381. The van der Waals surface area contributed by atoms with E-state index < -0.39 is 0 Å². The quantitative estimate of drug-likeness (QED) is 0.854. The molecule has 0 aromatic carbocycles. The van der Waals surface area contributed by atoms with Crippen LogP contribution in [0.5, 0.6) is 0 Å². The zero-order valence-electron chi connectivity index (χ0n) is 10.1. The third kappa shape index (κ3) is 3.17. The van der Waals surface area contributed by atoms with E-state index in [2.05, 4.69) is 59.4 Å². The van der Waals surface area contributed by atoms with Gasteiger partial charge in [0.05, 0.1) is 5.69 Å². The minimum absolute atomic E-state index is 0.0381. The second-order valence-corrected chi connectivity index (χ2v) is 6.50. The fourth-order valence-corrected chi connectivity index (χ4v) is 3.74. The van der Waals surface area contributed by atoms with Crippen molar-refractivity contribution in [2.24, 2.45) is 0 Å². The van der Waals surface area contributed by atoms with Crippen LogP contribution in [0.4, 0.5) is 0 Å². The molecule has 3 nitrogen and oxygen atoms in total. The number of pyridine rings is 1. The zero-order valence-corrected chi connectivity index (χ0v) is 14.1. The molecule has 2 aromatic rings. The molecule has 6 heteroatoms. The molecule has 0 radical (unpaired) electrons. The van der Waals surface area contributed by atoms with Crippen molar-refractivity contribution in [2.75, 3.05) is 6.54 Å². The van der Waals surface area contributed by atoms with E-state index in [4.69, 9.17) is 0 Å². The molecule has 96 valence electrons. The highest BCUT2D eigenvalue weighted by atomic mass is 79.9. The van der Waals surface area contributed by atoms with Crippen LogP contribution in [-0.4, -0.2) is 16.5 Å². The van der Waals surface area contributed by atoms with Crippen molar-refractivity contribution < 1.29 is 0 Å². The maximum atomic E-state index is 4.55. The number of aromatic nitrogens is 2. The van der Waals surface area contributed by atoms with Gasteiger partial charge in [0, 0.05) is 26.2 Å². The zero-order chi connectivity index (χ0) is 13.1. The van der Waals surface area contributed by atoms with Crippen molar-refractivity contribution in [2.45, 2.75) is 19.9 Å². The van der Waals surface area contributed by atoms with Crippen molar-refractivity contribution in [1.29, 1.82) is 0 Å². The van der Waals surface area contributed by atoms with E-state index in [1.807, 2.05) is 19.2 Å². The highest BCUT2D eigenvalue weighted by Crippen LogP contribution is 2.30. The van der Waals surface area contributed by atoms with Gasteiger partial charge in [-0.2, -0.15) is 0 Å². The standard InChI is InChI=1S/C12H13Br2N3S/c1-3-15-11(12-17-7(2)6-18-12)10-9(14)4-8(13)5-16-10/h4-6,11,15H,3H2,1-2H3. The summed E-state index contributed by atoms with van der Waals surface area (Å²) >= 11 is 8.64. The third-order valence-electron chi connectivity index (χ3n) is 2.40. The Hall–Kier alpha value is -0.300. The van der Waals surface area contributed by atoms with Gasteiger partial charge >= 0.3 is 0 Å². The lowest BCUT2D eigenvalue weighted by Crippen LogP contribution is -2.23. The van der Waals surface area contributed by atoms with E-state index in [0.29, 0.717) is 0 Å². The first-order chi connectivity index (χ1) is 8.61. The van der Waals surface area contributed by atoms with Crippen LogP contribution in [0.2, 0.25) is 0 Å². The Balaban J connectivity index is 2.41. The summed E-state index contributed by atoms with van der Waals surface area (Å²) in [6.45, 7) is 4.96. The average Bonchev–Trinajstić information content (AvgIpc) is 2.73. The van der Waals surface area contributed by atoms with E-state index in [9.17, 15) is 0 Å². The van der Waals surface area contributed by atoms with E-state index in [1.54, 1.807) is 11.3 Å². The topological polar surface area (TPSA) is 37.8 Å². The van der Waals surface area contributed by atoms with Crippen molar-refractivity contribution in [1.82, 2.24) is 15.3 Å². The number of nitrogens with one attached hydrogen (secondary N) is 1. The highest BCUT2D eigenvalue weighted by Gasteiger charge is 2.20. The van der Waals surface area contributed by atoms with Crippen LogP contribution >= 0.6 is 43.2 Å². The molecule has 18 heavy (non-hydrogen) atoms. The molecule has 0 amide bonds. The maximum absolute atomic E-state index is 4.55. The molecular formula is C12H13Br2N3S. The van der Waals surface area contributed by atoms with Crippen LogP contribution in [0.15, 0.2) is 26.6 Å². The first-order valence-electron chi connectivity index (χ1n) is 5.58. The van der Waals surface area contributed by atoms with Crippen molar-refractivity contribution in [3.05, 3.63) is 43.0 Å². The third-order valence-corrected chi connectivity index (χ3v) is 4.50. The smallest absolute Gasteiger partial charge is 0.116 e. The Bertz CT molecular complexity index is 542. The number of hydrogen-bond donors (Lipinski definition) is 1. The van der Waals surface area contributed by atoms with Crippen molar-refractivity contribution >= 4 is 43.2 Å². The predicted octanol–water partition coefficient (Wildman–Crippen LogP) is 4.07. The largest absolute Gasteiger partial charge is 0.303 e. The molecule has 1 atom stereocenters. The number of halogens is 2. The summed E-state index contributed by atoms with van der Waals surface area (Å²) in [5.41, 5.74) is 2.01. The first kappa shape index (κ1) is 14.1. The number of nitrogens with zero attached hydrogens (tertiary/aromatic N) is 2. The van der Waals surface area contributed by atoms with Gasteiger partial charge in [-0.3, -0.25) is 4.98 Å². The van der Waals surface area contributed by atoms with Crippen LogP contribution in [0.1, 0.15) is 29.4 Å². The summed E-state index contributed by atoms with van der Waals surface area (Å²) in [5, 5.41) is 6.54. The second-order valence-electron chi connectivity index (χ2n) is 3.84. The molecule has 0 spiro atoms. The molecule has 0 aliphatic heterocycles. The number of aryl methyl sites for hydroxylation is 1. The normalized spacial score (nSPS) is 12.7. The average molecular weight is 391 g/mol. The van der Waals surface area contributed by atoms with Crippen LogP contribution in [0.25, 0.3) is 0 Å². The van der Waals surface area contributed by atoms with Crippen LogP contribution in [0.3, 0.4) is 0 Å². The van der Waals surface area contributed by atoms with Gasteiger partial charge in [0.15, 0.2) is 0 Å². The predicted molar refractivity (Wildman–Crippen MR) is 82.0 cm³/mol. The number of thiazole rings is 1. The van der Waals surface area contributed by atoms with E-state index in [0.717, 1.165) is 31.9 Å². The Morgan fingerprint density at radius 3 is 2.78 bits per heavy atom. The lowest BCUT2D eigenvalue weighted by molar-refractivity contribution is 0.608. The van der Waals surface area contributed by atoms with E-state index >= 15 is 0 Å². The summed E-state index contributed by atoms with van der Waals surface area (Å²) < 4.78 is 1.94. The number of hydrogen-bond acceptors (Lipinski definition) is 4. The van der Waals surface area contributed by atoms with Crippen molar-refractivity contribution in [3.63, 3.8) is 0 Å². The van der Waals surface area contributed by atoms with Crippen LogP contribution < -0.4 is 5.32 Å². The molecule has 0 saturated carbocycles. The molecule has 0 saturated heterocycles. The van der Waals surface area contributed by atoms with Gasteiger partial charge in [-0.25, -0.2) is 4.98 Å². The molecule has 2 heterocycles. The van der Waals surface area contributed by atoms with Gasteiger partial charge in [-0.15, -0.1) is 11.3 Å². The minimum Gasteiger partial charge on any atom is -0.303 e. The van der Waals surface area contributed by atoms with Gasteiger partial charge in [-0.05, 0) is 51.4 Å². The van der Waals surface area contributed by atoms with Gasteiger partial charge in [-0.1, -0.05) is 6.92 Å². The van der Waals surface area contributed by atoms with Gasteiger partial charge in [0.2, 0.25) is 0 Å². The summed E-state index contributed by atoms with van der Waals surface area (Å²) in [4.78, 5) is 9.05. The molecule has 0 aliphatic rings. The molecule has 2 aromatic heterocycles. The van der Waals surface area contributed by atoms with Gasteiger partial charge in [0.1, 0.15) is 11.0 Å². The van der Waals surface area contributed by atoms with Crippen LogP contribution in [-0.2, 0) is 0 Å². The molecule has 1 N–H and O–H groups in total. The van der Waals surface area contributed by atoms with E-state index in [-0.39, 0.29) is 6.04 Å². The Labute approximate surface area is 127 Å². The molecule has 0 bridgehead atoms. The monoisotopic (exact) mass is 389 g/mol. The first-order valence-corrected chi connectivity index (χ1v) is 8.04.